The summed E-state index contributed by atoms with van der Waals surface area (Å²) in [6, 6.07) is 7.19. The lowest BCUT2D eigenvalue weighted by atomic mass is 9.98. The highest BCUT2D eigenvalue weighted by Gasteiger charge is 2.17. The summed E-state index contributed by atoms with van der Waals surface area (Å²) < 4.78 is 0. The van der Waals surface area contributed by atoms with Crippen LogP contribution in [0.5, 0.6) is 0 Å². The lowest BCUT2D eigenvalue weighted by molar-refractivity contribution is 0.186. The van der Waals surface area contributed by atoms with Gasteiger partial charge in [0.05, 0.1) is 0 Å². The van der Waals surface area contributed by atoms with Gasteiger partial charge in [-0.2, -0.15) is 0 Å². The first kappa shape index (κ1) is 16.2. The Kier molecular flexibility index (Phi) is 6.02. The van der Waals surface area contributed by atoms with Crippen molar-refractivity contribution in [3.63, 3.8) is 0 Å². The molecule has 0 fully saturated rings. The molecule has 0 radical (unpaired) electrons. The van der Waals surface area contributed by atoms with E-state index in [0.717, 1.165) is 13.1 Å². The third-order valence-electron chi connectivity index (χ3n) is 3.60. The van der Waals surface area contributed by atoms with E-state index in [1.165, 1.54) is 16.7 Å². The molecule has 0 aliphatic carbocycles. The molecule has 0 aromatic heterocycles. The maximum absolute atomic E-state index is 6.44. The van der Waals surface area contributed by atoms with E-state index in [1.54, 1.807) is 0 Å². The average Bonchev–Trinajstić information content (AvgIpc) is 2.30. The molecule has 108 valence electrons. The molecule has 1 aromatic carbocycles. The van der Waals surface area contributed by atoms with Crippen LogP contribution in [0.15, 0.2) is 18.2 Å². The summed E-state index contributed by atoms with van der Waals surface area (Å²) >= 11 is 0. The van der Waals surface area contributed by atoms with E-state index in [1.807, 2.05) is 0 Å². The van der Waals surface area contributed by atoms with Crippen LogP contribution in [0.2, 0.25) is 0 Å². The summed E-state index contributed by atoms with van der Waals surface area (Å²) in [4.78, 5) is 2.48. The fourth-order valence-corrected chi connectivity index (χ4v) is 2.48. The van der Waals surface area contributed by atoms with E-state index in [0.29, 0.717) is 12.0 Å². The van der Waals surface area contributed by atoms with Gasteiger partial charge in [0.25, 0.3) is 0 Å². The molecule has 2 nitrogen and oxygen atoms in total. The summed E-state index contributed by atoms with van der Waals surface area (Å²) in [5.41, 5.74) is 10.3. The van der Waals surface area contributed by atoms with E-state index < -0.39 is 0 Å². The molecule has 0 aliphatic rings. The predicted molar refractivity (Wildman–Crippen MR) is 84.4 cm³/mol. The zero-order chi connectivity index (χ0) is 14.6. The van der Waals surface area contributed by atoms with Crippen LogP contribution in [-0.4, -0.2) is 24.0 Å². The Hall–Kier alpha value is -0.860. The Morgan fingerprint density at radius 1 is 1.05 bits per heavy atom. The van der Waals surface area contributed by atoms with Gasteiger partial charge < -0.3 is 5.73 Å². The number of nitrogens with zero attached hydrogens (tertiary/aromatic N) is 1. The van der Waals surface area contributed by atoms with E-state index in [4.69, 9.17) is 5.73 Å². The third-order valence-corrected chi connectivity index (χ3v) is 3.60. The zero-order valence-corrected chi connectivity index (χ0v) is 13.4. The Morgan fingerprint density at radius 3 is 2.21 bits per heavy atom. The number of aryl methyl sites for hydroxylation is 2. The number of benzene rings is 1. The second-order valence-corrected chi connectivity index (χ2v) is 6.41. The molecule has 0 amide bonds. The maximum Gasteiger partial charge on any atom is 0.0427 e. The van der Waals surface area contributed by atoms with Gasteiger partial charge in [0, 0.05) is 25.2 Å². The molecule has 0 aliphatic heterocycles. The van der Waals surface area contributed by atoms with Gasteiger partial charge >= 0.3 is 0 Å². The van der Waals surface area contributed by atoms with Gasteiger partial charge in [-0.05, 0) is 44.7 Å². The van der Waals surface area contributed by atoms with Gasteiger partial charge in [-0.3, -0.25) is 4.90 Å². The van der Waals surface area contributed by atoms with Crippen molar-refractivity contribution in [2.24, 2.45) is 11.7 Å². The van der Waals surface area contributed by atoms with Crippen molar-refractivity contribution in [3.8, 4) is 0 Å². The molecule has 0 saturated carbocycles. The van der Waals surface area contributed by atoms with Gasteiger partial charge in [-0.1, -0.05) is 37.6 Å². The molecule has 2 N–H and O–H groups in total. The first-order valence-electron chi connectivity index (χ1n) is 7.38. The van der Waals surface area contributed by atoms with Gasteiger partial charge in [0.2, 0.25) is 0 Å². The van der Waals surface area contributed by atoms with Crippen LogP contribution in [0.3, 0.4) is 0 Å². The Labute approximate surface area is 119 Å². The SMILES string of the molecule is Cc1ccc(C)c(C(N)CN(CC(C)C)C(C)C)c1. The molecule has 1 aromatic rings. The molecule has 1 atom stereocenters. The van der Waals surface area contributed by atoms with Crippen LogP contribution in [0.4, 0.5) is 0 Å². The van der Waals surface area contributed by atoms with Crippen LogP contribution >= 0.6 is 0 Å². The summed E-state index contributed by atoms with van der Waals surface area (Å²) in [5, 5.41) is 0. The second kappa shape index (κ2) is 7.06. The topological polar surface area (TPSA) is 29.3 Å². The van der Waals surface area contributed by atoms with Crippen LogP contribution in [0.1, 0.15) is 50.4 Å². The highest BCUT2D eigenvalue weighted by Crippen LogP contribution is 2.19. The van der Waals surface area contributed by atoms with Gasteiger partial charge in [0.1, 0.15) is 0 Å². The van der Waals surface area contributed by atoms with Crippen molar-refractivity contribution >= 4 is 0 Å². The summed E-state index contributed by atoms with van der Waals surface area (Å²) in [6.07, 6.45) is 0. The third kappa shape index (κ3) is 4.96. The molecule has 1 rings (SSSR count). The van der Waals surface area contributed by atoms with Crippen LogP contribution < -0.4 is 5.73 Å². The molecule has 19 heavy (non-hydrogen) atoms. The van der Waals surface area contributed by atoms with Crippen molar-refractivity contribution in [2.75, 3.05) is 13.1 Å². The first-order chi connectivity index (χ1) is 8.81. The van der Waals surface area contributed by atoms with E-state index >= 15 is 0 Å². The molecular formula is C17H30N2. The lowest BCUT2D eigenvalue weighted by Crippen LogP contribution is -2.39. The molecular weight excluding hydrogens is 232 g/mol. The Morgan fingerprint density at radius 2 is 1.68 bits per heavy atom. The van der Waals surface area contributed by atoms with Crippen molar-refractivity contribution in [2.45, 2.75) is 53.6 Å². The number of hydrogen-bond donors (Lipinski definition) is 1. The zero-order valence-electron chi connectivity index (χ0n) is 13.4. The molecule has 2 heteroatoms. The maximum atomic E-state index is 6.44. The van der Waals surface area contributed by atoms with Crippen molar-refractivity contribution < 1.29 is 0 Å². The quantitative estimate of drug-likeness (QED) is 0.847. The standard InChI is InChI=1S/C17H30N2/c1-12(2)10-19(13(3)4)11-17(18)16-9-14(5)7-8-15(16)6/h7-9,12-13,17H,10-11,18H2,1-6H3. The normalized spacial score (nSPS) is 13.6. The molecule has 0 bridgehead atoms. The van der Waals surface area contributed by atoms with Gasteiger partial charge in [0.15, 0.2) is 0 Å². The summed E-state index contributed by atoms with van der Waals surface area (Å²) in [6.45, 7) is 15.3. The summed E-state index contributed by atoms with van der Waals surface area (Å²) in [5.74, 6) is 0.674. The number of rotatable bonds is 6. The van der Waals surface area contributed by atoms with Crippen LogP contribution in [-0.2, 0) is 0 Å². The van der Waals surface area contributed by atoms with Gasteiger partial charge in [-0.15, -0.1) is 0 Å². The molecule has 1 unspecified atom stereocenters. The highest BCUT2D eigenvalue weighted by atomic mass is 15.2. The van der Waals surface area contributed by atoms with Crippen molar-refractivity contribution in [3.05, 3.63) is 34.9 Å². The Balaban J connectivity index is 2.81. The van der Waals surface area contributed by atoms with E-state index in [-0.39, 0.29) is 6.04 Å². The number of nitrogens with two attached hydrogens (primary N) is 1. The van der Waals surface area contributed by atoms with Gasteiger partial charge in [-0.25, -0.2) is 0 Å². The van der Waals surface area contributed by atoms with E-state index in [2.05, 4.69) is 64.6 Å². The van der Waals surface area contributed by atoms with Crippen molar-refractivity contribution in [1.82, 2.24) is 4.90 Å². The summed E-state index contributed by atoms with van der Waals surface area (Å²) in [7, 11) is 0. The van der Waals surface area contributed by atoms with E-state index in [9.17, 15) is 0 Å². The average molecular weight is 262 g/mol. The molecule has 0 heterocycles. The molecule has 0 saturated heterocycles. The van der Waals surface area contributed by atoms with Crippen LogP contribution in [0, 0.1) is 19.8 Å². The minimum absolute atomic E-state index is 0.0982. The van der Waals surface area contributed by atoms with Crippen molar-refractivity contribution in [1.29, 1.82) is 0 Å². The monoisotopic (exact) mass is 262 g/mol. The minimum atomic E-state index is 0.0982. The highest BCUT2D eigenvalue weighted by molar-refractivity contribution is 5.33. The fraction of sp³-hybridized carbons (Fsp3) is 0.647. The smallest absolute Gasteiger partial charge is 0.0427 e. The second-order valence-electron chi connectivity index (χ2n) is 6.41. The lowest BCUT2D eigenvalue weighted by Gasteiger charge is -2.31. The first-order valence-corrected chi connectivity index (χ1v) is 7.38. The largest absolute Gasteiger partial charge is 0.323 e. The van der Waals surface area contributed by atoms with Crippen LogP contribution in [0.25, 0.3) is 0 Å². The predicted octanol–water partition coefficient (Wildman–Crippen LogP) is 3.67. The Bertz CT molecular complexity index is 396. The molecule has 0 spiro atoms. The fourth-order valence-electron chi connectivity index (χ4n) is 2.48. The minimum Gasteiger partial charge on any atom is -0.323 e. The number of hydrogen-bond acceptors (Lipinski definition) is 2.